The number of ether oxygens (including phenoxy) is 1. The van der Waals surface area contributed by atoms with E-state index in [1.165, 1.54) is 0 Å². The molecule has 0 aromatic carbocycles. The summed E-state index contributed by atoms with van der Waals surface area (Å²) in [6.07, 6.45) is 9.39. The summed E-state index contributed by atoms with van der Waals surface area (Å²) >= 11 is 0. The number of fused-ring (bicyclic) bond motifs is 7. The summed E-state index contributed by atoms with van der Waals surface area (Å²) in [5.41, 5.74) is -0.612. The normalized spacial score (nSPS) is 41.1. The molecule has 5 aliphatic carbocycles. The fourth-order valence-corrected chi connectivity index (χ4v) is 13.5. The number of esters is 1. The van der Waals surface area contributed by atoms with E-state index in [2.05, 4.69) is 53.4 Å². The van der Waals surface area contributed by atoms with E-state index in [1.54, 1.807) is 13.8 Å². The third-order valence-electron chi connectivity index (χ3n) is 16.2. The number of carbonyl (C=O) groups is 4. The molecule has 5 rings (SSSR count). The lowest BCUT2D eigenvalue weighted by atomic mass is 9.32. The number of aliphatic carboxylic acids is 2. The Kier molecular flexibility index (Phi) is 10.0. The van der Waals surface area contributed by atoms with Gasteiger partial charge in [0.25, 0.3) is 0 Å². The van der Waals surface area contributed by atoms with Crippen molar-refractivity contribution in [2.75, 3.05) is 0 Å². The van der Waals surface area contributed by atoms with E-state index in [4.69, 9.17) is 4.74 Å². The van der Waals surface area contributed by atoms with Crippen LogP contribution in [0.15, 0.2) is 12.2 Å². The molecule has 1 amide bonds. The molecule has 5 fully saturated rings. The Balaban J connectivity index is 1.44. The fraction of sp³-hybridized carbons (Fsp3) is 0.857. The highest BCUT2D eigenvalue weighted by Crippen LogP contribution is 2.77. The summed E-state index contributed by atoms with van der Waals surface area (Å²) in [6, 6.07) is -0.876. The second-order valence-electron chi connectivity index (χ2n) is 20.0. The van der Waals surface area contributed by atoms with Crippen molar-refractivity contribution in [2.24, 2.45) is 68.0 Å². The minimum absolute atomic E-state index is 0.0226. The van der Waals surface area contributed by atoms with Gasteiger partial charge in [-0.1, -0.05) is 60.6 Å². The van der Waals surface area contributed by atoms with Crippen LogP contribution in [0, 0.1) is 68.0 Å². The third kappa shape index (κ3) is 5.94. The molecule has 0 heterocycles. The van der Waals surface area contributed by atoms with Crippen LogP contribution in [0.5, 0.6) is 0 Å². The van der Waals surface area contributed by atoms with Gasteiger partial charge in [-0.05, 0) is 143 Å². The first-order valence-electron chi connectivity index (χ1n) is 19.6. The van der Waals surface area contributed by atoms with Crippen LogP contribution in [0.4, 0.5) is 0 Å². The van der Waals surface area contributed by atoms with E-state index < -0.39 is 34.8 Å². The number of carboxylic acids is 2. The van der Waals surface area contributed by atoms with Gasteiger partial charge in [-0.3, -0.25) is 14.4 Å². The van der Waals surface area contributed by atoms with Crippen molar-refractivity contribution >= 4 is 23.8 Å². The van der Waals surface area contributed by atoms with Crippen molar-refractivity contribution in [3.8, 4) is 0 Å². The molecular weight excluding hydrogens is 630 g/mol. The molecule has 0 saturated heterocycles. The van der Waals surface area contributed by atoms with Crippen molar-refractivity contribution in [3.63, 3.8) is 0 Å². The zero-order valence-electron chi connectivity index (χ0n) is 32.7. The molecule has 50 heavy (non-hydrogen) atoms. The summed E-state index contributed by atoms with van der Waals surface area (Å²) in [4.78, 5) is 51.5. The maximum Gasteiger partial charge on any atom is 0.326 e. The number of carboxylic acid groups (broad SMARTS) is 2. The van der Waals surface area contributed by atoms with Crippen LogP contribution in [0.1, 0.15) is 146 Å². The lowest BCUT2D eigenvalue weighted by Crippen LogP contribution is -2.67. The molecule has 0 aromatic rings. The Morgan fingerprint density at radius 2 is 1.52 bits per heavy atom. The smallest absolute Gasteiger partial charge is 0.326 e. The van der Waals surface area contributed by atoms with Crippen molar-refractivity contribution in [2.45, 2.75) is 158 Å². The van der Waals surface area contributed by atoms with E-state index in [9.17, 15) is 29.4 Å². The van der Waals surface area contributed by atoms with Gasteiger partial charge in [-0.25, -0.2) is 4.79 Å². The van der Waals surface area contributed by atoms with Crippen LogP contribution in [-0.4, -0.2) is 46.2 Å². The predicted molar refractivity (Wildman–Crippen MR) is 194 cm³/mol. The van der Waals surface area contributed by atoms with Gasteiger partial charge in [-0.15, -0.1) is 0 Å². The van der Waals surface area contributed by atoms with Crippen LogP contribution in [-0.2, 0) is 23.9 Å². The van der Waals surface area contributed by atoms with Crippen LogP contribution < -0.4 is 5.32 Å². The molecule has 8 nitrogen and oxygen atoms in total. The summed E-state index contributed by atoms with van der Waals surface area (Å²) in [7, 11) is 0. The first-order valence-corrected chi connectivity index (χ1v) is 19.6. The minimum Gasteiger partial charge on any atom is -0.481 e. The van der Waals surface area contributed by atoms with Gasteiger partial charge in [0.1, 0.15) is 12.1 Å². The molecule has 0 aromatic heterocycles. The van der Waals surface area contributed by atoms with E-state index in [1.807, 2.05) is 13.8 Å². The second kappa shape index (κ2) is 12.9. The highest BCUT2D eigenvalue weighted by atomic mass is 16.5. The standard InChI is InChI=1S/C42H67NO7/c1-24(2)22-28(34(46)47)43-35(48)42-19-14-26(25(3)4)33(42)27-12-13-30-39(9)17-16-31(50-36(49)37(5,6)23-32(44)45)38(7,8)29(39)15-18-41(30,11)40(27,10)20-21-42/h24,26-31,33H,3,12-23H2,1-2,4-11H3,(H,43,48)(H,44,45)(H,46,47)/t26-,27+,28+,29-,30+,31-,33+,39-,40+,41+,42-/m0/s1. The highest BCUT2D eigenvalue weighted by Gasteiger charge is 2.72. The monoisotopic (exact) mass is 697 g/mol. The molecule has 5 saturated carbocycles. The maximum atomic E-state index is 14.5. The molecule has 0 bridgehead atoms. The predicted octanol–water partition coefficient (Wildman–Crippen LogP) is 8.67. The van der Waals surface area contributed by atoms with Crippen LogP contribution in [0.2, 0.25) is 0 Å². The average molecular weight is 698 g/mol. The number of nitrogens with one attached hydrogen (secondary N) is 1. The number of carbonyl (C=O) groups excluding carboxylic acids is 2. The second-order valence-corrected chi connectivity index (χ2v) is 20.0. The van der Waals surface area contributed by atoms with Crippen molar-refractivity contribution in [1.29, 1.82) is 0 Å². The van der Waals surface area contributed by atoms with Crippen LogP contribution >= 0.6 is 0 Å². The van der Waals surface area contributed by atoms with E-state index in [0.29, 0.717) is 24.2 Å². The zero-order valence-corrected chi connectivity index (χ0v) is 32.7. The third-order valence-corrected chi connectivity index (χ3v) is 16.2. The minimum atomic E-state index is -1.08. The van der Waals surface area contributed by atoms with Gasteiger partial charge >= 0.3 is 17.9 Å². The lowest BCUT2D eigenvalue weighted by Gasteiger charge is -2.73. The molecular formula is C42H67NO7. The molecule has 0 radical (unpaired) electrons. The lowest BCUT2D eigenvalue weighted by molar-refractivity contribution is -0.250. The van der Waals surface area contributed by atoms with Crippen molar-refractivity contribution < 1.29 is 34.1 Å². The summed E-state index contributed by atoms with van der Waals surface area (Å²) in [5.74, 6) is -0.668. The van der Waals surface area contributed by atoms with Crippen molar-refractivity contribution in [3.05, 3.63) is 12.2 Å². The van der Waals surface area contributed by atoms with E-state index in [0.717, 1.165) is 69.8 Å². The molecule has 11 atom stereocenters. The first kappa shape index (κ1) is 38.8. The van der Waals surface area contributed by atoms with Gasteiger partial charge in [-0.2, -0.15) is 0 Å². The van der Waals surface area contributed by atoms with Gasteiger partial charge in [0.2, 0.25) is 5.91 Å². The molecule has 0 aliphatic heterocycles. The van der Waals surface area contributed by atoms with Gasteiger partial charge in [0, 0.05) is 5.41 Å². The Labute approximate surface area is 301 Å². The Morgan fingerprint density at radius 1 is 0.860 bits per heavy atom. The molecule has 282 valence electrons. The molecule has 3 N–H and O–H groups in total. The van der Waals surface area contributed by atoms with Gasteiger partial charge in [0.05, 0.1) is 17.3 Å². The molecule has 0 spiro atoms. The van der Waals surface area contributed by atoms with Gasteiger partial charge < -0.3 is 20.3 Å². The number of rotatable bonds is 10. The van der Waals surface area contributed by atoms with E-state index >= 15 is 0 Å². The SMILES string of the molecule is C=C(C)[C@@H]1CC[C@]2(C(=O)N[C@H](CC(C)C)C(=O)O)CC[C@]3(C)[C@H](CC[C@@H]4[C@@]5(C)CC[C@H](OC(=O)C(C)(C)CC(=O)O)C(C)(C)[C@@H]5CC[C@]43C)[C@@H]12. The molecule has 8 heteroatoms. The van der Waals surface area contributed by atoms with Crippen molar-refractivity contribution in [1.82, 2.24) is 5.32 Å². The number of hydrogen-bond acceptors (Lipinski definition) is 5. The Morgan fingerprint density at radius 3 is 2.10 bits per heavy atom. The average Bonchev–Trinajstić information content (AvgIpc) is 3.39. The van der Waals surface area contributed by atoms with E-state index in [-0.39, 0.29) is 57.8 Å². The quantitative estimate of drug-likeness (QED) is 0.154. The maximum absolute atomic E-state index is 14.5. The number of amides is 1. The van der Waals surface area contributed by atoms with Crippen LogP contribution in [0.25, 0.3) is 0 Å². The fourth-order valence-electron chi connectivity index (χ4n) is 13.5. The molecule has 5 aliphatic rings. The summed E-state index contributed by atoms with van der Waals surface area (Å²) < 4.78 is 6.23. The molecule has 0 unspecified atom stereocenters. The topological polar surface area (TPSA) is 130 Å². The zero-order chi connectivity index (χ0) is 37.4. The number of hydrogen-bond donors (Lipinski definition) is 3. The summed E-state index contributed by atoms with van der Waals surface area (Å²) in [5, 5.41) is 22.5. The van der Waals surface area contributed by atoms with Gasteiger partial charge in [0.15, 0.2) is 0 Å². The van der Waals surface area contributed by atoms with Crippen LogP contribution in [0.3, 0.4) is 0 Å². The Bertz CT molecular complexity index is 1400. The largest absolute Gasteiger partial charge is 0.481 e. The highest BCUT2D eigenvalue weighted by molar-refractivity contribution is 5.88. The Hall–Kier alpha value is -2.38. The first-order chi connectivity index (χ1) is 23.0. The summed E-state index contributed by atoms with van der Waals surface area (Å²) in [6.45, 7) is 26.0. The number of allylic oxidation sites excluding steroid dienone is 1.